The van der Waals surface area contributed by atoms with E-state index in [9.17, 15) is 13.2 Å². The molecule has 1 saturated carbocycles. The lowest BCUT2D eigenvalue weighted by atomic mass is 10.2. The van der Waals surface area contributed by atoms with Gasteiger partial charge in [0.2, 0.25) is 5.91 Å². The second-order valence-electron chi connectivity index (χ2n) is 4.87. The van der Waals surface area contributed by atoms with Crippen LogP contribution in [0.3, 0.4) is 0 Å². The van der Waals surface area contributed by atoms with Crippen LogP contribution in [0.1, 0.15) is 18.4 Å². The summed E-state index contributed by atoms with van der Waals surface area (Å²) < 4.78 is 27.9. The highest BCUT2D eigenvalue weighted by molar-refractivity contribution is 7.87. The predicted molar refractivity (Wildman–Crippen MR) is 75.5 cm³/mol. The molecule has 1 aromatic rings. The zero-order valence-corrected chi connectivity index (χ0v) is 11.8. The third-order valence-corrected chi connectivity index (χ3v) is 4.47. The standard InChI is InChI=1S/C12H18N4O3S/c13-10-3-1-9(2-4-10)7-16(8-12(14)17)20(18,19)15-11-5-6-11/h1-4,11,15H,5-8,13H2,(H2,14,17). The number of carbonyl (C=O) groups excluding carboxylic acids is 1. The molecule has 0 unspecified atom stereocenters. The molecule has 0 heterocycles. The molecule has 2 rings (SSSR count). The Kier molecular flexibility index (Phi) is 4.26. The molecule has 1 aromatic carbocycles. The maximum Gasteiger partial charge on any atom is 0.280 e. The van der Waals surface area contributed by atoms with E-state index >= 15 is 0 Å². The third-order valence-electron chi connectivity index (χ3n) is 2.90. The summed E-state index contributed by atoms with van der Waals surface area (Å²) in [6.45, 7) is -0.280. The Bertz CT molecular complexity index is 581. The van der Waals surface area contributed by atoms with Gasteiger partial charge in [-0.2, -0.15) is 17.4 Å². The highest BCUT2D eigenvalue weighted by atomic mass is 32.2. The van der Waals surface area contributed by atoms with Crippen molar-refractivity contribution in [3.8, 4) is 0 Å². The molecule has 1 aliphatic carbocycles. The molecule has 110 valence electrons. The summed E-state index contributed by atoms with van der Waals surface area (Å²) in [6.07, 6.45) is 1.65. The first-order valence-electron chi connectivity index (χ1n) is 6.27. The minimum atomic E-state index is -3.71. The van der Waals surface area contributed by atoms with Gasteiger partial charge in [0.25, 0.3) is 10.2 Å². The van der Waals surface area contributed by atoms with Gasteiger partial charge in [0.15, 0.2) is 0 Å². The highest BCUT2D eigenvalue weighted by Gasteiger charge is 2.31. The van der Waals surface area contributed by atoms with Crippen molar-refractivity contribution in [2.24, 2.45) is 5.73 Å². The Morgan fingerprint density at radius 1 is 1.30 bits per heavy atom. The van der Waals surface area contributed by atoms with E-state index in [2.05, 4.69) is 4.72 Å². The molecule has 0 aliphatic heterocycles. The number of rotatable bonds is 7. The van der Waals surface area contributed by atoms with Crippen molar-refractivity contribution in [2.75, 3.05) is 12.3 Å². The van der Waals surface area contributed by atoms with E-state index in [-0.39, 0.29) is 19.1 Å². The number of primary amides is 1. The van der Waals surface area contributed by atoms with E-state index in [1.165, 1.54) is 0 Å². The predicted octanol–water partition coefficient (Wildman–Crippen LogP) is -0.447. The summed E-state index contributed by atoms with van der Waals surface area (Å²) in [5.74, 6) is -0.693. The summed E-state index contributed by atoms with van der Waals surface area (Å²) in [5.41, 5.74) is 12.0. The van der Waals surface area contributed by atoms with Gasteiger partial charge in [0, 0.05) is 18.3 Å². The van der Waals surface area contributed by atoms with Crippen molar-refractivity contribution in [3.63, 3.8) is 0 Å². The van der Waals surface area contributed by atoms with Gasteiger partial charge >= 0.3 is 0 Å². The lowest BCUT2D eigenvalue weighted by Gasteiger charge is -2.21. The number of benzene rings is 1. The zero-order valence-electron chi connectivity index (χ0n) is 11.0. The third kappa shape index (κ3) is 4.19. The van der Waals surface area contributed by atoms with Crippen LogP contribution in [0.5, 0.6) is 0 Å². The van der Waals surface area contributed by atoms with Crippen molar-refractivity contribution in [1.82, 2.24) is 9.03 Å². The molecule has 0 saturated heterocycles. The van der Waals surface area contributed by atoms with Crippen molar-refractivity contribution in [3.05, 3.63) is 29.8 Å². The lowest BCUT2D eigenvalue weighted by molar-refractivity contribution is -0.118. The van der Waals surface area contributed by atoms with E-state index in [4.69, 9.17) is 11.5 Å². The summed E-state index contributed by atoms with van der Waals surface area (Å²) in [6, 6.07) is 6.77. The van der Waals surface area contributed by atoms with E-state index in [1.807, 2.05) is 0 Å². The van der Waals surface area contributed by atoms with Gasteiger partial charge < -0.3 is 11.5 Å². The summed E-state index contributed by atoms with van der Waals surface area (Å²) in [4.78, 5) is 11.1. The monoisotopic (exact) mass is 298 g/mol. The number of anilines is 1. The molecule has 5 N–H and O–H groups in total. The van der Waals surface area contributed by atoms with Crippen molar-refractivity contribution < 1.29 is 13.2 Å². The van der Waals surface area contributed by atoms with Crippen LogP contribution in [0.2, 0.25) is 0 Å². The quantitative estimate of drug-likeness (QED) is 0.591. The van der Waals surface area contributed by atoms with Crippen molar-refractivity contribution >= 4 is 21.8 Å². The molecule has 1 fully saturated rings. The summed E-state index contributed by atoms with van der Waals surface area (Å²) >= 11 is 0. The Morgan fingerprint density at radius 2 is 1.90 bits per heavy atom. The minimum absolute atomic E-state index is 0.0261. The molecule has 0 aromatic heterocycles. The highest BCUT2D eigenvalue weighted by Crippen LogP contribution is 2.21. The molecule has 20 heavy (non-hydrogen) atoms. The number of hydrogen-bond donors (Lipinski definition) is 3. The Hall–Kier alpha value is -1.64. The Labute approximate surface area is 118 Å². The smallest absolute Gasteiger partial charge is 0.280 e. The lowest BCUT2D eigenvalue weighted by Crippen LogP contribution is -2.45. The minimum Gasteiger partial charge on any atom is -0.399 e. The number of nitrogens with two attached hydrogens (primary N) is 2. The van der Waals surface area contributed by atoms with Crippen molar-refractivity contribution in [1.29, 1.82) is 0 Å². The van der Waals surface area contributed by atoms with Gasteiger partial charge in [-0.15, -0.1) is 0 Å². The molecule has 7 nitrogen and oxygen atoms in total. The van der Waals surface area contributed by atoms with Crippen LogP contribution in [-0.2, 0) is 21.5 Å². The molecule has 1 amide bonds. The molecule has 0 radical (unpaired) electrons. The largest absolute Gasteiger partial charge is 0.399 e. The SMILES string of the molecule is NC(=O)CN(Cc1ccc(N)cc1)S(=O)(=O)NC1CC1. The van der Waals surface area contributed by atoms with Crippen molar-refractivity contribution in [2.45, 2.75) is 25.4 Å². The van der Waals surface area contributed by atoms with E-state index < -0.39 is 16.1 Å². The van der Waals surface area contributed by atoms with Crippen LogP contribution < -0.4 is 16.2 Å². The van der Waals surface area contributed by atoms with Crippen LogP contribution in [0.15, 0.2) is 24.3 Å². The molecule has 0 spiro atoms. The van der Waals surface area contributed by atoms with Gasteiger partial charge in [0.05, 0.1) is 6.54 Å². The summed E-state index contributed by atoms with van der Waals surface area (Å²) in [7, 11) is -3.71. The molecule has 0 bridgehead atoms. The molecular formula is C12H18N4O3S. The maximum atomic E-state index is 12.2. The first kappa shape index (κ1) is 14.8. The number of hydrogen-bond acceptors (Lipinski definition) is 4. The van der Waals surface area contributed by atoms with Gasteiger partial charge in [-0.25, -0.2) is 0 Å². The fourth-order valence-corrected chi connectivity index (χ4v) is 3.13. The fraction of sp³-hybridized carbons (Fsp3) is 0.417. The number of carbonyl (C=O) groups is 1. The van der Waals surface area contributed by atoms with Crippen LogP contribution in [0.25, 0.3) is 0 Å². The van der Waals surface area contributed by atoms with E-state index in [1.54, 1.807) is 24.3 Å². The van der Waals surface area contributed by atoms with Crippen LogP contribution >= 0.6 is 0 Å². The average molecular weight is 298 g/mol. The molecular weight excluding hydrogens is 280 g/mol. The fourth-order valence-electron chi connectivity index (χ4n) is 1.71. The number of amides is 1. The molecule has 1 aliphatic rings. The van der Waals surface area contributed by atoms with Gasteiger partial charge in [-0.05, 0) is 30.5 Å². The van der Waals surface area contributed by atoms with Crippen LogP contribution in [-0.4, -0.2) is 31.2 Å². The van der Waals surface area contributed by atoms with Gasteiger partial charge in [-0.3, -0.25) is 4.79 Å². The Morgan fingerprint density at radius 3 is 2.40 bits per heavy atom. The first-order valence-corrected chi connectivity index (χ1v) is 7.71. The van der Waals surface area contributed by atoms with Gasteiger partial charge in [0.1, 0.15) is 0 Å². The zero-order chi connectivity index (χ0) is 14.8. The Balaban J connectivity index is 2.13. The number of nitrogens with one attached hydrogen (secondary N) is 1. The van der Waals surface area contributed by atoms with E-state index in [0.29, 0.717) is 5.69 Å². The second kappa shape index (κ2) is 5.78. The molecule has 8 heteroatoms. The second-order valence-corrected chi connectivity index (χ2v) is 6.58. The normalized spacial score (nSPS) is 15.4. The maximum absolute atomic E-state index is 12.2. The van der Waals surface area contributed by atoms with Crippen LogP contribution in [0.4, 0.5) is 5.69 Å². The number of nitrogen functional groups attached to an aromatic ring is 1. The van der Waals surface area contributed by atoms with Gasteiger partial charge in [-0.1, -0.05) is 12.1 Å². The molecule has 0 atom stereocenters. The topological polar surface area (TPSA) is 119 Å². The summed E-state index contributed by atoms with van der Waals surface area (Å²) in [5, 5.41) is 0. The average Bonchev–Trinajstić information content (AvgIpc) is 3.13. The number of nitrogens with zero attached hydrogens (tertiary/aromatic N) is 1. The van der Waals surface area contributed by atoms with E-state index in [0.717, 1.165) is 22.7 Å². The first-order chi connectivity index (χ1) is 9.37. The van der Waals surface area contributed by atoms with Crippen LogP contribution in [0, 0.1) is 0 Å².